The predicted molar refractivity (Wildman–Crippen MR) is 52.0 cm³/mol. The van der Waals surface area contributed by atoms with Crippen molar-refractivity contribution in [3.8, 4) is 5.75 Å². The first-order chi connectivity index (χ1) is 7.26. The Morgan fingerprint density at radius 1 is 1.53 bits per heavy atom. The van der Waals surface area contributed by atoms with E-state index >= 15 is 0 Å². The molecule has 1 heterocycles. The van der Waals surface area contributed by atoms with Crippen LogP contribution in [0.1, 0.15) is 10.4 Å². The van der Waals surface area contributed by atoms with Crippen molar-refractivity contribution in [1.82, 2.24) is 5.48 Å². The van der Waals surface area contributed by atoms with Gasteiger partial charge in [-0.25, -0.2) is 5.48 Å². The van der Waals surface area contributed by atoms with Crippen LogP contribution in [0.4, 0.5) is 0 Å². The average Bonchev–Trinajstić information content (AvgIpc) is 2.74. The summed E-state index contributed by atoms with van der Waals surface area (Å²) in [5.41, 5.74) is 2.45. The van der Waals surface area contributed by atoms with Crippen LogP contribution in [-0.2, 0) is 0 Å². The van der Waals surface area contributed by atoms with Crippen molar-refractivity contribution in [1.29, 1.82) is 0 Å². The lowest BCUT2D eigenvalue weighted by molar-refractivity contribution is 0.0706. The van der Waals surface area contributed by atoms with Crippen LogP contribution in [0.25, 0.3) is 11.0 Å². The topological polar surface area (TPSA) is 71.7 Å². The Labute approximate surface area is 85.2 Å². The van der Waals surface area contributed by atoms with Crippen molar-refractivity contribution >= 4 is 16.9 Å². The average molecular weight is 207 g/mol. The summed E-state index contributed by atoms with van der Waals surface area (Å²) in [5, 5.41) is 9.25. The number of amides is 1. The summed E-state index contributed by atoms with van der Waals surface area (Å²) < 4.78 is 10.3. The zero-order valence-corrected chi connectivity index (χ0v) is 7.98. The zero-order chi connectivity index (χ0) is 10.8. The van der Waals surface area contributed by atoms with Gasteiger partial charge in [-0.3, -0.25) is 10.0 Å². The molecule has 2 aromatic rings. The van der Waals surface area contributed by atoms with Crippen molar-refractivity contribution < 1.29 is 19.2 Å². The van der Waals surface area contributed by atoms with Gasteiger partial charge in [0, 0.05) is 10.9 Å². The van der Waals surface area contributed by atoms with Crippen LogP contribution >= 0.6 is 0 Å². The first-order valence-electron chi connectivity index (χ1n) is 4.26. The minimum atomic E-state index is -0.587. The molecule has 0 aliphatic carbocycles. The molecule has 5 nitrogen and oxygen atoms in total. The third-order valence-corrected chi connectivity index (χ3v) is 2.10. The number of nitrogens with one attached hydrogen (secondary N) is 1. The molecule has 0 aliphatic rings. The van der Waals surface area contributed by atoms with Crippen molar-refractivity contribution in [3.63, 3.8) is 0 Å². The maximum Gasteiger partial charge on any atom is 0.274 e. The molecule has 1 aromatic carbocycles. The summed E-state index contributed by atoms with van der Waals surface area (Å²) in [6.45, 7) is 0. The van der Waals surface area contributed by atoms with E-state index in [1.54, 1.807) is 17.6 Å². The summed E-state index contributed by atoms with van der Waals surface area (Å²) >= 11 is 0. The molecule has 2 rings (SSSR count). The second-order valence-corrected chi connectivity index (χ2v) is 2.96. The lowest BCUT2D eigenvalue weighted by Crippen LogP contribution is -2.18. The van der Waals surface area contributed by atoms with E-state index in [9.17, 15) is 4.79 Å². The van der Waals surface area contributed by atoms with E-state index in [4.69, 9.17) is 14.4 Å². The molecular formula is C10H9NO4. The van der Waals surface area contributed by atoms with Crippen LogP contribution in [0.5, 0.6) is 5.75 Å². The number of hydrogen-bond acceptors (Lipinski definition) is 4. The van der Waals surface area contributed by atoms with Crippen LogP contribution in [0, 0.1) is 0 Å². The smallest absolute Gasteiger partial charge is 0.274 e. The fraction of sp³-hybridized carbons (Fsp3) is 0.100. The molecule has 1 amide bonds. The standard InChI is InChI=1S/C10H9NO4/c1-14-8-5-7(10(12)11-13)4-6-2-3-15-9(6)8/h2-5,13H,1H3,(H,11,12). The molecular weight excluding hydrogens is 198 g/mol. The van der Waals surface area contributed by atoms with Crippen LogP contribution in [0.2, 0.25) is 0 Å². The van der Waals surface area contributed by atoms with Gasteiger partial charge in [0.2, 0.25) is 0 Å². The largest absolute Gasteiger partial charge is 0.493 e. The Bertz CT molecular complexity index is 503. The molecule has 0 aliphatic heterocycles. The number of fused-ring (bicyclic) bond motifs is 1. The van der Waals surface area contributed by atoms with E-state index in [2.05, 4.69) is 0 Å². The summed E-state index contributed by atoms with van der Waals surface area (Å²) in [4.78, 5) is 11.2. The van der Waals surface area contributed by atoms with E-state index in [0.29, 0.717) is 16.9 Å². The predicted octanol–water partition coefficient (Wildman–Crippen LogP) is 1.56. The number of hydrogen-bond donors (Lipinski definition) is 2. The molecule has 5 heteroatoms. The van der Waals surface area contributed by atoms with E-state index in [1.807, 2.05) is 0 Å². The summed E-state index contributed by atoms with van der Waals surface area (Å²) in [5.74, 6) is -0.132. The monoisotopic (exact) mass is 207 g/mol. The van der Waals surface area contributed by atoms with Crippen molar-refractivity contribution in [2.24, 2.45) is 0 Å². The van der Waals surface area contributed by atoms with Gasteiger partial charge >= 0.3 is 0 Å². The lowest BCUT2D eigenvalue weighted by Gasteiger charge is -2.03. The van der Waals surface area contributed by atoms with Gasteiger partial charge in [-0.2, -0.15) is 0 Å². The van der Waals surface area contributed by atoms with E-state index in [-0.39, 0.29) is 0 Å². The highest BCUT2D eigenvalue weighted by Gasteiger charge is 2.11. The van der Waals surface area contributed by atoms with E-state index in [0.717, 1.165) is 5.39 Å². The Morgan fingerprint density at radius 3 is 3.00 bits per heavy atom. The quantitative estimate of drug-likeness (QED) is 0.579. The number of ether oxygens (including phenoxy) is 1. The van der Waals surface area contributed by atoms with Crippen LogP contribution in [0.15, 0.2) is 28.9 Å². The summed E-state index contributed by atoms with van der Waals surface area (Å²) in [6, 6.07) is 4.82. The Morgan fingerprint density at radius 2 is 2.33 bits per heavy atom. The number of carbonyl (C=O) groups excluding carboxylic acids is 1. The maximum absolute atomic E-state index is 11.2. The van der Waals surface area contributed by atoms with Gasteiger partial charge in [0.15, 0.2) is 11.3 Å². The van der Waals surface area contributed by atoms with Gasteiger partial charge in [-0.05, 0) is 18.2 Å². The molecule has 0 atom stereocenters. The molecule has 0 radical (unpaired) electrons. The van der Waals surface area contributed by atoms with Gasteiger partial charge in [-0.1, -0.05) is 0 Å². The van der Waals surface area contributed by atoms with E-state index in [1.165, 1.54) is 19.4 Å². The lowest BCUT2D eigenvalue weighted by atomic mass is 10.1. The van der Waals surface area contributed by atoms with Gasteiger partial charge < -0.3 is 9.15 Å². The molecule has 0 bridgehead atoms. The Balaban J connectivity index is 2.63. The molecule has 2 N–H and O–H groups in total. The van der Waals surface area contributed by atoms with Crippen molar-refractivity contribution in [2.75, 3.05) is 7.11 Å². The van der Waals surface area contributed by atoms with Crippen LogP contribution < -0.4 is 10.2 Å². The zero-order valence-electron chi connectivity index (χ0n) is 7.98. The highest BCUT2D eigenvalue weighted by Crippen LogP contribution is 2.28. The number of carbonyl (C=O) groups is 1. The van der Waals surface area contributed by atoms with Crippen LogP contribution in [0.3, 0.4) is 0 Å². The Hall–Kier alpha value is -2.01. The van der Waals surface area contributed by atoms with Crippen LogP contribution in [-0.4, -0.2) is 18.2 Å². The fourth-order valence-corrected chi connectivity index (χ4v) is 1.40. The van der Waals surface area contributed by atoms with E-state index < -0.39 is 5.91 Å². The summed E-state index contributed by atoms with van der Waals surface area (Å²) in [7, 11) is 1.48. The fourth-order valence-electron chi connectivity index (χ4n) is 1.40. The second kappa shape index (κ2) is 3.62. The normalized spacial score (nSPS) is 10.3. The third-order valence-electron chi connectivity index (χ3n) is 2.10. The number of hydroxylamine groups is 1. The molecule has 0 fully saturated rings. The van der Waals surface area contributed by atoms with Crippen molar-refractivity contribution in [2.45, 2.75) is 0 Å². The molecule has 0 unspecified atom stereocenters. The number of furan rings is 1. The Kier molecular flexibility index (Phi) is 2.31. The number of rotatable bonds is 2. The molecule has 15 heavy (non-hydrogen) atoms. The molecule has 1 aromatic heterocycles. The molecule has 0 spiro atoms. The van der Waals surface area contributed by atoms with Gasteiger partial charge in [0.1, 0.15) is 0 Å². The first-order valence-corrected chi connectivity index (χ1v) is 4.26. The molecule has 0 saturated carbocycles. The van der Waals surface area contributed by atoms with Crippen molar-refractivity contribution in [3.05, 3.63) is 30.0 Å². The van der Waals surface area contributed by atoms with Gasteiger partial charge in [0.05, 0.1) is 13.4 Å². The second-order valence-electron chi connectivity index (χ2n) is 2.96. The van der Waals surface area contributed by atoms with Gasteiger partial charge in [0.25, 0.3) is 5.91 Å². The minimum Gasteiger partial charge on any atom is -0.493 e. The number of benzene rings is 1. The van der Waals surface area contributed by atoms with Gasteiger partial charge in [-0.15, -0.1) is 0 Å². The minimum absolute atomic E-state index is 0.309. The molecule has 78 valence electrons. The number of methoxy groups -OCH3 is 1. The summed E-state index contributed by atoms with van der Waals surface area (Å²) in [6.07, 6.45) is 1.51. The first kappa shape index (κ1) is 9.54. The third kappa shape index (κ3) is 1.53. The highest BCUT2D eigenvalue weighted by atomic mass is 16.5. The molecule has 0 saturated heterocycles. The maximum atomic E-state index is 11.2. The highest BCUT2D eigenvalue weighted by molar-refractivity contribution is 5.98. The SMILES string of the molecule is COc1cc(C(=O)NO)cc2ccoc12.